The number of ether oxygens (including phenoxy) is 1. The van der Waals surface area contributed by atoms with Crippen molar-refractivity contribution >= 4 is 17.6 Å². The summed E-state index contributed by atoms with van der Waals surface area (Å²) >= 11 is 0. The number of carbonyl (C=O) groups is 2. The smallest absolute Gasteiger partial charge is 0.337 e. The second kappa shape index (κ2) is 5.96. The van der Waals surface area contributed by atoms with Gasteiger partial charge in [0.1, 0.15) is 11.5 Å². The number of rotatable bonds is 4. The van der Waals surface area contributed by atoms with Gasteiger partial charge in [0, 0.05) is 6.07 Å². The Labute approximate surface area is 120 Å². The average Bonchev–Trinajstić information content (AvgIpc) is 2.47. The third kappa shape index (κ3) is 3.11. The monoisotopic (exact) mass is 287 g/mol. The van der Waals surface area contributed by atoms with Gasteiger partial charge in [-0.1, -0.05) is 12.1 Å². The Morgan fingerprint density at radius 3 is 2.43 bits per heavy atom. The van der Waals surface area contributed by atoms with E-state index in [-0.39, 0.29) is 22.6 Å². The number of benzene rings is 2. The summed E-state index contributed by atoms with van der Waals surface area (Å²) < 4.78 is 4.93. The Morgan fingerprint density at radius 1 is 1.10 bits per heavy atom. The maximum Gasteiger partial charge on any atom is 0.337 e. The number of aromatic hydroxyl groups is 1. The third-order valence-corrected chi connectivity index (χ3v) is 2.86. The maximum absolute atomic E-state index is 12.1. The van der Waals surface area contributed by atoms with E-state index >= 15 is 0 Å². The van der Waals surface area contributed by atoms with Crippen molar-refractivity contribution in [2.45, 2.75) is 0 Å². The first kappa shape index (κ1) is 14.4. The maximum atomic E-state index is 12.1. The number of phenols is 1. The van der Waals surface area contributed by atoms with Gasteiger partial charge in [-0.05, 0) is 24.3 Å². The summed E-state index contributed by atoms with van der Waals surface area (Å²) in [4.78, 5) is 23.2. The second-order valence-electron chi connectivity index (χ2n) is 4.19. The summed E-state index contributed by atoms with van der Waals surface area (Å²) in [7, 11) is 1.44. The molecule has 0 fully saturated rings. The van der Waals surface area contributed by atoms with Crippen molar-refractivity contribution in [2.24, 2.45) is 0 Å². The molecule has 0 atom stereocenters. The molecule has 0 aliphatic carbocycles. The number of amides is 1. The standard InChI is InChI=1S/C15H13NO5/c1-21-9-6-7-11(13(17)8-9)14(18)16-12-5-3-2-4-10(12)15(19)20/h2-8,17H,1H3,(H,16,18)(H,19,20). The lowest BCUT2D eigenvalue weighted by atomic mass is 10.1. The molecule has 0 aliphatic heterocycles. The zero-order valence-corrected chi connectivity index (χ0v) is 11.2. The van der Waals surface area contributed by atoms with Crippen LogP contribution in [0.25, 0.3) is 0 Å². The van der Waals surface area contributed by atoms with Crippen molar-refractivity contribution in [1.82, 2.24) is 0 Å². The molecule has 6 nitrogen and oxygen atoms in total. The molecule has 0 heterocycles. The summed E-state index contributed by atoms with van der Waals surface area (Å²) in [6, 6.07) is 10.2. The minimum Gasteiger partial charge on any atom is -0.507 e. The SMILES string of the molecule is COc1ccc(C(=O)Nc2ccccc2C(=O)O)c(O)c1. The van der Waals surface area contributed by atoms with Gasteiger partial charge in [0.25, 0.3) is 5.91 Å². The van der Waals surface area contributed by atoms with E-state index in [2.05, 4.69) is 5.32 Å². The van der Waals surface area contributed by atoms with Crippen LogP contribution in [0.4, 0.5) is 5.69 Å². The molecule has 2 aromatic carbocycles. The molecule has 0 aliphatic rings. The molecule has 0 unspecified atom stereocenters. The van der Waals surface area contributed by atoms with E-state index in [1.807, 2.05) is 0 Å². The van der Waals surface area contributed by atoms with E-state index < -0.39 is 11.9 Å². The first-order valence-corrected chi connectivity index (χ1v) is 6.03. The Morgan fingerprint density at radius 2 is 1.81 bits per heavy atom. The van der Waals surface area contributed by atoms with Crippen LogP contribution in [0.1, 0.15) is 20.7 Å². The van der Waals surface area contributed by atoms with E-state index in [9.17, 15) is 14.7 Å². The van der Waals surface area contributed by atoms with E-state index in [0.29, 0.717) is 5.75 Å². The van der Waals surface area contributed by atoms with Crippen LogP contribution in [-0.2, 0) is 0 Å². The molecule has 6 heteroatoms. The van der Waals surface area contributed by atoms with Crippen LogP contribution in [0.3, 0.4) is 0 Å². The second-order valence-corrected chi connectivity index (χ2v) is 4.19. The van der Waals surface area contributed by atoms with Crippen molar-refractivity contribution in [3.05, 3.63) is 53.6 Å². The zero-order valence-electron chi connectivity index (χ0n) is 11.2. The van der Waals surface area contributed by atoms with Crippen LogP contribution in [-0.4, -0.2) is 29.2 Å². The number of para-hydroxylation sites is 1. The molecule has 0 spiro atoms. The van der Waals surface area contributed by atoms with Crippen molar-refractivity contribution in [1.29, 1.82) is 0 Å². The molecule has 1 amide bonds. The number of methoxy groups -OCH3 is 1. The number of hydrogen-bond acceptors (Lipinski definition) is 4. The van der Waals surface area contributed by atoms with Crippen LogP contribution in [0.15, 0.2) is 42.5 Å². The van der Waals surface area contributed by atoms with E-state index in [0.717, 1.165) is 0 Å². The Bertz CT molecular complexity index is 696. The molecule has 108 valence electrons. The van der Waals surface area contributed by atoms with Crippen LogP contribution >= 0.6 is 0 Å². The van der Waals surface area contributed by atoms with Crippen LogP contribution < -0.4 is 10.1 Å². The van der Waals surface area contributed by atoms with Crippen LogP contribution in [0, 0.1) is 0 Å². The fourth-order valence-electron chi connectivity index (χ4n) is 1.80. The van der Waals surface area contributed by atoms with Gasteiger partial charge in [-0.25, -0.2) is 4.79 Å². The average molecular weight is 287 g/mol. The minimum atomic E-state index is -1.15. The fourth-order valence-corrected chi connectivity index (χ4v) is 1.80. The molecule has 2 aromatic rings. The van der Waals surface area contributed by atoms with Crippen LogP contribution in [0.5, 0.6) is 11.5 Å². The fraction of sp³-hybridized carbons (Fsp3) is 0.0667. The molecule has 21 heavy (non-hydrogen) atoms. The van der Waals surface area contributed by atoms with Gasteiger partial charge in [-0.2, -0.15) is 0 Å². The quantitative estimate of drug-likeness (QED) is 0.802. The largest absolute Gasteiger partial charge is 0.507 e. The van der Waals surface area contributed by atoms with E-state index in [1.165, 1.54) is 37.4 Å². The predicted octanol–water partition coefficient (Wildman–Crippen LogP) is 2.35. The van der Waals surface area contributed by atoms with E-state index in [4.69, 9.17) is 9.84 Å². The van der Waals surface area contributed by atoms with Crippen molar-refractivity contribution < 1.29 is 24.5 Å². The Hall–Kier alpha value is -3.02. The van der Waals surface area contributed by atoms with Gasteiger partial charge in [-0.15, -0.1) is 0 Å². The summed E-state index contributed by atoms with van der Waals surface area (Å²) in [6.45, 7) is 0. The van der Waals surface area contributed by atoms with E-state index in [1.54, 1.807) is 12.1 Å². The number of hydrogen-bond donors (Lipinski definition) is 3. The summed E-state index contributed by atoms with van der Waals surface area (Å²) in [6.07, 6.45) is 0. The molecule has 0 saturated heterocycles. The highest BCUT2D eigenvalue weighted by Crippen LogP contribution is 2.25. The normalized spacial score (nSPS) is 9.95. The van der Waals surface area contributed by atoms with Crippen molar-refractivity contribution in [3.63, 3.8) is 0 Å². The molecule has 3 N–H and O–H groups in total. The number of carbonyl (C=O) groups excluding carboxylic acids is 1. The summed E-state index contributed by atoms with van der Waals surface area (Å²) in [5.74, 6) is -1.59. The minimum absolute atomic E-state index is 0.0241. The lowest BCUT2D eigenvalue weighted by Crippen LogP contribution is -2.14. The highest BCUT2D eigenvalue weighted by Gasteiger charge is 2.15. The lowest BCUT2D eigenvalue weighted by Gasteiger charge is -2.10. The summed E-state index contributed by atoms with van der Waals surface area (Å²) in [5, 5.41) is 21.3. The van der Waals surface area contributed by atoms with Crippen molar-refractivity contribution in [2.75, 3.05) is 12.4 Å². The number of carboxylic acid groups (broad SMARTS) is 1. The Kier molecular flexibility index (Phi) is 4.08. The van der Waals surface area contributed by atoms with Gasteiger partial charge in [0.15, 0.2) is 0 Å². The number of nitrogens with one attached hydrogen (secondary N) is 1. The predicted molar refractivity (Wildman–Crippen MR) is 76.0 cm³/mol. The molecule has 0 bridgehead atoms. The van der Waals surface area contributed by atoms with Gasteiger partial charge >= 0.3 is 5.97 Å². The van der Waals surface area contributed by atoms with Gasteiger partial charge in [-0.3, -0.25) is 4.79 Å². The number of anilines is 1. The summed E-state index contributed by atoms with van der Waals surface area (Å²) in [5.41, 5.74) is 0.153. The number of phenolic OH excluding ortho intramolecular Hbond substituents is 1. The molecular formula is C15H13NO5. The zero-order chi connectivity index (χ0) is 15.4. The Balaban J connectivity index is 2.28. The van der Waals surface area contributed by atoms with Gasteiger partial charge in [0.2, 0.25) is 0 Å². The topological polar surface area (TPSA) is 95.9 Å². The molecule has 0 saturated carbocycles. The van der Waals surface area contributed by atoms with Crippen molar-refractivity contribution in [3.8, 4) is 11.5 Å². The molecule has 0 aromatic heterocycles. The number of carboxylic acids is 1. The highest BCUT2D eigenvalue weighted by molar-refractivity contribution is 6.09. The molecule has 0 radical (unpaired) electrons. The first-order chi connectivity index (χ1) is 10.0. The number of aromatic carboxylic acids is 1. The van der Waals surface area contributed by atoms with Crippen LogP contribution in [0.2, 0.25) is 0 Å². The first-order valence-electron chi connectivity index (χ1n) is 6.03. The molecule has 2 rings (SSSR count). The third-order valence-electron chi connectivity index (χ3n) is 2.86. The lowest BCUT2D eigenvalue weighted by molar-refractivity contribution is 0.0698. The molecular weight excluding hydrogens is 274 g/mol. The van der Waals surface area contributed by atoms with Gasteiger partial charge < -0.3 is 20.3 Å². The highest BCUT2D eigenvalue weighted by atomic mass is 16.5. The van der Waals surface area contributed by atoms with Gasteiger partial charge in [0.05, 0.1) is 23.9 Å².